The van der Waals surface area contributed by atoms with Gasteiger partial charge >= 0.3 is 5.97 Å². The molecule has 0 heterocycles. The van der Waals surface area contributed by atoms with E-state index in [0.29, 0.717) is 16.6 Å². The molecule has 0 saturated heterocycles. The molecule has 17 heavy (non-hydrogen) atoms. The van der Waals surface area contributed by atoms with Gasteiger partial charge in [0, 0.05) is 16.8 Å². The third kappa shape index (κ3) is 2.91. The van der Waals surface area contributed by atoms with E-state index >= 15 is 0 Å². The van der Waals surface area contributed by atoms with Crippen molar-refractivity contribution in [3.63, 3.8) is 0 Å². The molecular formula is C13H16ClNO2. The van der Waals surface area contributed by atoms with Crippen molar-refractivity contribution in [2.45, 2.75) is 25.8 Å². The molecule has 0 amide bonds. The van der Waals surface area contributed by atoms with Crippen molar-refractivity contribution < 1.29 is 9.53 Å². The number of benzene rings is 1. The molecule has 0 bridgehead atoms. The van der Waals surface area contributed by atoms with Crippen molar-refractivity contribution in [1.82, 2.24) is 0 Å². The Bertz CT molecular complexity index is 429. The maximum atomic E-state index is 11.6. The van der Waals surface area contributed by atoms with E-state index in [4.69, 9.17) is 16.3 Å². The first kappa shape index (κ1) is 12.2. The molecule has 4 heteroatoms. The molecule has 3 nitrogen and oxygen atoms in total. The maximum Gasteiger partial charge on any atom is 0.340 e. The van der Waals surface area contributed by atoms with Gasteiger partial charge in [-0.2, -0.15) is 0 Å². The summed E-state index contributed by atoms with van der Waals surface area (Å²) in [4.78, 5) is 11.6. The van der Waals surface area contributed by atoms with Crippen LogP contribution in [-0.4, -0.2) is 19.1 Å². The Morgan fingerprint density at radius 3 is 2.82 bits per heavy atom. The zero-order valence-electron chi connectivity index (χ0n) is 10.00. The van der Waals surface area contributed by atoms with E-state index < -0.39 is 0 Å². The largest absolute Gasteiger partial charge is 0.465 e. The molecule has 1 atom stereocenters. The molecule has 1 fully saturated rings. The SMILES string of the molecule is COC(=O)c1cc(Cl)ccc1NC(C)C1CC1. The van der Waals surface area contributed by atoms with Gasteiger partial charge in [-0.15, -0.1) is 0 Å². The maximum absolute atomic E-state index is 11.6. The molecule has 1 aliphatic rings. The van der Waals surface area contributed by atoms with Gasteiger partial charge in [-0.1, -0.05) is 11.6 Å². The number of anilines is 1. The van der Waals surface area contributed by atoms with Crippen LogP contribution in [0.1, 0.15) is 30.1 Å². The van der Waals surface area contributed by atoms with Gasteiger partial charge in [0.15, 0.2) is 0 Å². The van der Waals surface area contributed by atoms with Gasteiger partial charge in [0.25, 0.3) is 0 Å². The van der Waals surface area contributed by atoms with Gasteiger partial charge in [-0.05, 0) is 43.9 Å². The number of carbonyl (C=O) groups is 1. The predicted molar refractivity (Wildman–Crippen MR) is 68.6 cm³/mol. The van der Waals surface area contributed by atoms with Crippen LogP contribution in [-0.2, 0) is 4.74 Å². The summed E-state index contributed by atoms with van der Waals surface area (Å²) in [7, 11) is 1.37. The fourth-order valence-corrected chi connectivity index (χ4v) is 2.05. The summed E-state index contributed by atoms with van der Waals surface area (Å²) in [5.41, 5.74) is 1.29. The van der Waals surface area contributed by atoms with E-state index in [2.05, 4.69) is 12.2 Å². The minimum absolute atomic E-state index is 0.363. The molecule has 1 aromatic rings. The standard InChI is InChI=1S/C13H16ClNO2/c1-8(9-3-4-9)15-12-6-5-10(14)7-11(12)13(16)17-2/h5-9,15H,3-4H2,1-2H3. The van der Waals surface area contributed by atoms with Gasteiger partial charge in [0.2, 0.25) is 0 Å². The zero-order valence-corrected chi connectivity index (χ0v) is 10.8. The molecule has 2 rings (SSSR count). The number of nitrogens with one attached hydrogen (secondary N) is 1. The second-order valence-electron chi connectivity index (χ2n) is 4.45. The summed E-state index contributed by atoms with van der Waals surface area (Å²) in [6.45, 7) is 2.13. The lowest BCUT2D eigenvalue weighted by Gasteiger charge is -2.17. The zero-order chi connectivity index (χ0) is 12.4. The first-order valence-electron chi connectivity index (χ1n) is 5.76. The molecule has 1 N–H and O–H groups in total. The average molecular weight is 254 g/mol. The smallest absolute Gasteiger partial charge is 0.340 e. The highest BCUT2D eigenvalue weighted by molar-refractivity contribution is 6.31. The van der Waals surface area contributed by atoms with Crippen LogP contribution in [0.3, 0.4) is 0 Å². The Labute approximate surface area is 106 Å². The summed E-state index contributed by atoms with van der Waals surface area (Å²) >= 11 is 5.89. The molecule has 0 aromatic heterocycles. The molecule has 92 valence electrons. The highest BCUT2D eigenvalue weighted by atomic mass is 35.5. The normalized spacial score (nSPS) is 16.4. The molecule has 0 aliphatic heterocycles. The van der Waals surface area contributed by atoms with Gasteiger partial charge in [-0.25, -0.2) is 4.79 Å². The summed E-state index contributed by atoms with van der Waals surface area (Å²) < 4.78 is 4.75. The second kappa shape index (κ2) is 4.96. The fourth-order valence-electron chi connectivity index (χ4n) is 1.88. The molecular weight excluding hydrogens is 238 g/mol. The van der Waals surface area contributed by atoms with Crippen LogP contribution in [0.2, 0.25) is 5.02 Å². The number of methoxy groups -OCH3 is 1. The number of esters is 1. The Morgan fingerprint density at radius 1 is 1.53 bits per heavy atom. The van der Waals surface area contributed by atoms with E-state index in [9.17, 15) is 4.79 Å². The van der Waals surface area contributed by atoms with Gasteiger partial charge in [0.05, 0.1) is 12.7 Å². The van der Waals surface area contributed by atoms with E-state index in [-0.39, 0.29) is 5.97 Å². The van der Waals surface area contributed by atoms with Crippen LogP contribution in [0.25, 0.3) is 0 Å². The third-order valence-electron chi connectivity index (χ3n) is 3.10. The third-order valence-corrected chi connectivity index (χ3v) is 3.33. The van der Waals surface area contributed by atoms with Crippen molar-refractivity contribution in [3.8, 4) is 0 Å². The lowest BCUT2D eigenvalue weighted by Crippen LogP contribution is -2.19. The minimum Gasteiger partial charge on any atom is -0.465 e. The predicted octanol–water partition coefficient (Wildman–Crippen LogP) is 3.34. The summed E-state index contributed by atoms with van der Waals surface area (Å²) in [5, 5.41) is 3.89. The van der Waals surface area contributed by atoms with Crippen LogP contribution in [0.4, 0.5) is 5.69 Å². The van der Waals surface area contributed by atoms with Crippen LogP contribution in [0.15, 0.2) is 18.2 Å². The number of halogens is 1. The highest BCUT2D eigenvalue weighted by Gasteiger charge is 2.28. The minimum atomic E-state index is -0.363. The molecule has 1 aromatic carbocycles. The Hall–Kier alpha value is -1.22. The first-order valence-corrected chi connectivity index (χ1v) is 6.14. The Morgan fingerprint density at radius 2 is 2.24 bits per heavy atom. The van der Waals surface area contributed by atoms with Crippen molar-refractivity contribution in [3.05, 3.63) is 28.8 Å². The fraction of sp³-hybridized carbons (Fsp3) is 0.462. The molecule has 0 spiro atoms. The van der Waals surface area contributed by atoms with Gasteiger partial charge < -0.3 is 10.1 Å². The van der Waals surface area contributed by atoms with E-state index in [0.717, 1.165) is 11.6 Å². The lowest BCUT2D eigenvalue weighted by molar-refractivity contribution is 0.0602. The number of carbonyl (C=O) groups excluding carboxylic acids is 1. The second-order valence-corrected chi connectivity index (χ2v) is 4.89. The van der Waals surface area contributed by atoms with E-state index in [1.54, 1.807) is 12.1 Å². The molecule has 1 unspecified atom stereocenters. The molecule has 0 radical (unpaired) electrons. The summed E-state index contributed by atoms with van der Waals surface area (Å²) in [5.74, 6) is 0.356. The Balaban J connectivity index is 2.21. The van der Waals surface area contributed by atoms with Crippen LogP contribution in [0.5, 0.6) is 0 Å². The Kier molecular flexibility index (Phi) is 3.57. The topological polar surface area (TPSA) is 38.3 Å². The summed E-state index contributed by atoms with van der Waals surface area (Å²) in [6, 6.07) is 5.61. The van der Waals surface area contributed by atoms with E-state index in [1.165, 1.54) is 20.0 Å². The first-order chi connectivity index (χ1) is 8.11. The van der Waals surface area contributed by atoms with E-state index in [1.807, 2.05) is 6.07 Å². The van der Waals surface area contributed by atoms with Crippen molar-refractivity contribution in [1.29, 1.82) is 0 Å². The number of rotatable bonds is 4. The van der Waals surface area contributed by atoms with Crippen LogP contribution < -0.4 is 5.32 Å². The van der Waals surface area contributed by atoms with Crippen molar-refractivity contribution in [2.75, 3.05) is 12.4 Å². The van der Waals surface area contributed by atoms with Gasteiger partial charge in [-0.3, -0.25) is 0 Å². The van der Waals surface area contributed by atoms with Crippen molar-refractivity contribution >= 4 is 23.3 Å². The number of hydrogen-bond acceptors (Lipinski definition) is 3. The lowest BCUT2D eigenvalue weighted by atomic mass is 10.1. The van der Waals surface area contributed by atoms with Crippen LogP contribution >= 0.6 is 11.6 Å². The average Bonchev–Trinajstić information content (AvgIpc) is 3.14. The molecule has 1 aliphatic carbocycles. The monoisotopic (exact) mass is 253 g/mol. The van der Waals surface area contributed by atoms with Crippen LogP contribution in [0, 0.1) is 5.92 Å². The number of hydrogen-bond donors (Lipinski definition) is 1. The van der Waals surface area contributed by atoms with Gasteiger partial charge in [0.1, 0.15) is 0 Å². The van der Waals surface area contributed by atoms with Crippen molar-refractivity contribution in [2.24, 2.45) is 5.92 Å². The summed E-state index contributed by atoms with van der Waals surface area (Å²) in [6.07, 6.45) is 2.52. The quantitative estimate of drug-likeness (QED) is 0.837. The number of ether oxygens (including phenoxy) is 1. The molecule has 1 saturated carbocycles. The highest BCUT2D eigenvalue weighted by Crippen LogP contribution is 2.34.